The second kappa shape index (κ2) is 4.87. The van der Waals surface area contributed by atoms with Gasteiger partial charge in [-0.2, -0.15) is 0 Å². The van der Waals surface area contributed by atoms with Crippen molar-refractivity contribution in [3.05, 3.63) is 23.8 Å². The van der Waals surface area contributed by atoms with E-state index >= 15 is 0 Å². The van der Waals surface area contributed by atoms with E-state index in [2.05, 4.69) is 0 Å². The summed E-state index contributed by atoms with van der Waals surface area (Å²) >= 11 is 0. The summed E-state index contributed by atoms with van der Waals surface area (Å²) in [6.07, 6.45) is 0.856. The highest BCUT2D eigenvalue weighted by Gasteiger charge is 2.22. The molecule has 1 heterocycles. The van der Waals surface area contributed by atoms with Crippen molar-refractivity contribution in [2.75, 3.05) is 13.2 Å². The van der Waals surface area contributed by atoms with Crippen molar-refractivity contribution in [3.8, 4) is 5.75 Å². The normalized spacial score (nSPS) is 19.8. The average Bonchev–Trinajstić information content (AvgIpc) is 2.73. The van der Waals surface area contributed by atoms with E-state index in [4.69, 9.17) is 9.47 Å². The first-order valence-corrected chi connectivity index (χ1v) is 5.38. The lowest BCUT2D eigenvalue weighted by Crippen LogP contribution is -2.33. The van der Waals surface area contributed by atoms with E-state index in [-0.39, 0.29) is 6.10 Å². The smallest absolute Gasteiger partial charge is 0.488 e. The summed E-state index contributed by atoms with van der Waals surface area (Å²) in [5, 5.41) is 18.5. The Hall–Kier alpha value is -1.04. The molecule has 1 aromatic carbocycles. The topological polar surface area (TPSA) is 58.9 Å². The van der Waals surface area contributed by atoms with Crippen LogP contribution in [0.1, 0.15) is 12.0 Å². The number of aryl methyl sites for hydroxylation is 1. The van der Waals surface area contributed by atoms with Gasteiger partial charge >= 0.3 is 7.12 Å². The quantitative estimate of drug-likeness (QED) is 0.698. The summed E-state index contributed by atoms with van der Waals surface area (Å²) in [4.78, 5) is 0. The first-order chi connectivity index (χ1) is 7.66. The zero-order valence-corrected chi connectivity index (χ0v) is 9.22. The van der Waals surface area contributed by atoms with Crippen LogP contribution in [-0.4, -0.2) is 36.5 Å². The van der Waals surface area contributed by atoms with Crippen molar-refractivity contribution in [2.45, 2.75) is 19.4 Å². The van der Waals surface area contributed by atoms with Crippen LogP contribution in [0.3, 0.4) is 0 Å². The third-order valence-corrected chi connectivity index (χ3v) is 2.63. The molecule has 1 unspecified atom stereocenters. The molecule has 1 atom stereocenters. The molecule has 0 bridgehead atoms. The molecule has 0 amide bonds. The Bertz CT molecular complexity index is 361. The van der Waals surface area contributed by atoms with Gasteiger partial charge in [-0.15, -0.1) is 0 Å². The van der Waals surface area contributed by atoms with Crippen LogP contribution >= 0.6 is 0 Å². The highest BCUT2D eigenvalue weighted by molar-refractivity contribution is 6.59. The van der Waals surface area contributed by atoms with E-state index in [9.17, 15) is 10.0 Å². The minimum atomic E-state index is -1.50. The first-order valence-electron chi connectivity index (χ1n) is 5.38. The predicted octanol–water partition coefficient (Wildman–Crippen LogP) is -0.157. The van der Waals surface area contributed by atoms with Crippen molar-refractivity contribution in [2.24, 2.45) is 0 Å². The average molecular weight is 222 g/mol. The number of ether oxygens (including phenoxy) is 2. The molecule has 0 saturated carbocycles. The lowest BCUT2D eigenvalue weighted by Gasteiger charge is -2.15. The number of rotatable bonds is 3. The van der Waals surface area contributed by atoms with Gasteiger partial charge in [0.1, 0.15) is 11.9 Å². The van der Waals surface area contributed by atoms with Gasteiger partial charge in [0, 0.05) is 11.9 Å². The fourth-order valence-corrected chi connectivity index (χ4v) is 1.76. The molecule has 0 aromatic heterocycles. The van der Waals surface area contributed by atoms with Crippen LogP contribution in [0.4, 0.5) is 0 Å². The van der Waals surface area contributed by atoms with Crippen LogP contribution in [0.2, 0.25) is 0 Å². The Balaban J connectivity index is 2.18. The third-order valence-electron chi connectivity index (χ3n) is 2.63. The summed E-state index contributed by atoms with van der Waals surface area (Å²) in [7, 11) is -1.50. The van der Waals surface area contributed by atoms with Crippen molar-refractivity contribution in [1.82, 2.24) is 0 Å². The van der Waals surface area contributed by atoms with Gasteiger partial charge in [-0.05, 0) is 13.0 Å². The molecule has 2 N–H and O–H groups in total. The molecule has 0 radical (unpaired) electrons. The summed E-state index contributed by atoms with van der Waals surface area (Å²) < 4.78 is 10.9. The highest BCUT2D eigenvalue weighted by Crippen LogP contribution is 2.16. The second-order valence-corrected chi connectivity index (χ2v) is 4.02. The number of benzene rings is 1. The van der Waals surface area contributed by atoms with Gasteiger partial charge in [-0.1, -0.05) is 17.7 Å². The molecule has 16 heavy (non-hydrogen) atoms. The van der Waals surface area contributed by atoms with Crippen LogP contribution in [0, 0.1) is 6.92 Å². The van der Waals surface area contributed by atoms with Gasteiger partial charge in [0.05, 0.1) is 13.2 Å². The van der Waals surface area contributed by atoms with Crippen molar-refractivity contribution < 1.29 is 19.5 Å². The minimum Gasteiger partial charge on any atom is -0.488 e. The van der Waals surface area contributed by atoms with E-state index in [0.717, 1.165) is 12.0 Å². The van der Waals surface area contributed by atoms with E-state index in [1.54, 1.807) is 12.1 Å². The monoisotopic (exact) mass is 222 g/mol. The van der Waals surface area contributed by atoms with Crippen molar-refractivity contribution in [3.63, 3.8) is 0 Å². The Morgan fingerprint density at radius 1 is 1.44 bits per heavy atom. The lowest BCUT2D eigenvalue weighted by molar-refractivity contribution is 0.142. The molecule has 2 rings (SSSR count). The summed E-state index contributed by atoms with van der Waals surface area (Å²) in [6, 6.07) is 5.37. The van der Waals surface area contributed by atoms with Gasteiger partial charge in [-0.25, -0.2) is 0 Å². The van der Waals surface area contributed by atoms with E-state index in [1.165, 1.54) is 0 Å². The fraction of sp³-hybridized carbons (Fsp3) is 0.455. The first kappa shape index (κ1) is 11.5. The molecule has 1 aliphatic heterocycles. The fourth-order valence-electron chi connectivity index (χ4n) is 1.76. The molecule has 1 aromatic rings. The molecule has 4 nitrogen and oxygen atoms in total. The van der Waals surface area contributed by atoms with Gasteiger partial charge in [0.15, 0.2) is 0 Å². The molecule has 86 valence electrons. The summed E-state index contributed by atoms with van der Waals surface area (Å²) in [5.74, 6) is 0.524. The van der Waals surface area contributed by atoms with Crippen LogP contribution in [-0.2, 0) is 4.74 Å². The van der Waals surface area contributed by atoms with E-state index in [1.807, 2.05) is 13.0 Å². The summed E-state index contributed by atoms with van der Waals surface area (Å²) in [6.45, 7) is 3.16. The molecule has 1 saturated heterocycles. The minimum absolute atomic E-state index is 0.0141. The van der Waals surface area contributed by atoms with Crippen LogP contribution in [0.5, 0.6) is 5.75 Å². The highest BCUT2D eigenvalue weighted by atomic mass is 16.5. The lowest BCUT2D eigenvalue weighted by atomic mass is 9.79. The Labute approximate surface area is 95.0 Å². The maximum atomic E-state index is 9.25. The Kier molecular flexibility index (Phi) is 3.48. The molecular weight excluding hydrogens is 207 g/mol. The third kappa shape index (κ3) is 2.55. The molecule has 1 aliphatic rings. The predicted molar refractivity (Wildman–Crippen MR) is 60.9 cm³/mol. The molecule has 1 fully saturated rings. The largest absolute Gasteiger partial charge is 0.492 e. The number of hydrogen-bond acceptors (Lipinski definition) is 4. The molecule has 0 aliphatic carbocycles. The zero-order chi connectivity index (χ0) is 11.5. The van der Waals surface area contributed by atoms with Crippen molar-refractivity contribution in [1.29, 1.82) is 0 Å². The van der Waals surface area contributed by atoms with Gasteiger partial charge in [0.25, 0.3) is 0 Å². The van der Waals surface area contributed by atoms with Crippen LogP contribution < -0.4 is 10.2 Å². The van der Waals surface area contributed by atoms with Gasteiger partial charge < -0.3 is 19.5 Å². The SMILES string of the molecule is Cc1ccc(OC2CCOC2)c(B(O)O)c1. The molecule has 0 spiro atoms. The number of hydrogen-bond donors (Lipinski definition) is 2. The van der Waals surface area contributed by atoms with Crippen molar-refractivity contribution >= 4 is 12.6 Å². The van der Waals surface area contributed by atoms with Gasteiger partial charge in [-0.3, -0.25) is 0 Å². The van der Waals surface area contributed by atoms with Crippen LogP contribution in [0.15, 0.2) is 18.2 Å². The maximum Gasteiger partial charge on any atom is 0.492 e. The van der Waals surface area contributed by atoms with Crippen LogP contribution in [0.25, 0.3) is 0 Å². The zero-order valence-electron chi connectivity index (χ0n) is 9.22. The van der Waals surface area contributed by atoms with E-state index in [0.29, 0.717) is 24.4 Å². The molecular formula is C11H15BO4. The second-order valence-electron chi connectivity index (χ2n) is 4.02. The Morgan fingerprint density at radius 2 is 2.25 bits per heavy atom. The molecule has 5 heteroatoms. The Morgan fingerprint density at radius 3 is 2.88 bits per heavy atom. The van der Waals surface area contributed by atoms with E-state index < -0.39 is 7.12 Å². The maximum absolute atomic E-state index is 9.25. The summed E-state index contributed by atoms with van der Waals surface area (Å²) in [5.41, 5.74) is 1.38. The standard InChI is InChI=1S/C11H15BO4/c1-8-2-3-11(10(6-8)12(13)14)16-9-4-5-15-7-9/h2-3,6,9,13-14H,4-5,7H2,1H3. The van der Waals surface area contributed by atoms with Gasteiger partial charge in [0.2, 0.25) is 0 Å².